The first-order chi connectivity index (χ1) is 19.1. The Morgan fingerprint density at radius 1 is 1.12 bits per heavy atom. The van der Waals surface area contributed by atoms with Gasteiger partial charge in [0.1, 0.15) is 11.6 Å². The van der Waals surface area contributed by atoms with Gasteiger partial charge in [-0.1, -0.05) is 40.2 Å². The number of anilines is 1. The van der Waals surface area contributed by atoms with Gasteiger partial charge in [-0.2, -0.15) is 0 Å². The third kappa shape index (κ3) is 9.64. The Labute approximate surface area is 243 Å². The van der Waals surface area contributed by atoms with E-state index in [9.17, 15) is 14.7 Å². The minimum Gasteiger partial charge on any atom is -0.390 e. The largest absolute Gasteiger partial charge is 0.390 e. The van der Waals surface area contributed by atoms with Crippen LogP contribution in [0, 0.1) is 18.8 Å². The number of Topliss-reactive ketones (excluding diaryl/α,β-unsaturated/α-hetero) is 2. The van der Waals surface area contributed by atoms with Gasteiger partial charge in [0, 0.05) is 24.7 Å². The van der Waals surface area contributed by atoms with E-state index in [0.717, 1.165) is 84.0 Å². The minimum absolute atomic E-state index is 0.120. The van der Waals surface area contributed by atoms with Gasteiger partial charge in [-0.3, -0.25) is 14.9 Å². The number of carbonyl (C=O) groups is 2. The predicted octanol–water partition coefficient (Wildman–Crippen LogP) is 4.89. The van der Waals surface area contributed by atoms with Crippen molar-refractivity contribution < 1.29 is 19.8 Å². The molecule has 1 aromatic rings. The van der Waals surface area contributed by atoms with Gasteiger partial charge < -0.3 is 20.4 Å². The molecule has 3 fully saturated rings. The monoisotopic (exact) mass is 559 g/mol. The molecule has 2 saturated heterocycles. The highest BCUT2D eigenvalue weighted by Gasteiger charge is 2.49. The summed E-state index contributed by atoms with van der Waals surface area (Å²) in [5.74, 6) is 1.25. The van der Waals surface area contributed by atoms with Gasteiger partial charge in [0.2, 0.25) is 0 Å². The minimum atomic E-state index is -0.449. The number of aryl methyl sites for hydroxylation is 1. The van der Waals surface area contributed by atoms with Gasteiger partial charge in [-0.05, 0) is 107 Å². The Morgan fingerprint density at radius 2 is 1.75 bits per heavy atom. The molecular weight excluding hydrogens is 502 g/mol. The number of hydrogen-bond acceptors (Lipinski definition) is 7. The highest BCUT2D eigenvalue weighted by molar-refractivity contribution is 5.91. The van der Waals surface area contributed by atoms with E-state index in [1.807, 2.05) is 20.8 Å². The number of aliphatic hydroxyl groups is 2. The van der Waals surface area contributed by atoms with Crippen molar-refractivity contribution in [3.63, 3.8) is 0 Å². The summed E-state index contributed by atoms with van der Waals surface area (Å²) >= 11 is 0. The molecule has 0 aromatic heterocycles. The summed E-state index contributed by atoms with van der Waals surface area (Å²) < 4.78 is 0. The molecule has 1 aromatic carbocycles. The number of nitrogens with one attached hydrogen (secondary N) is 2. The average Bonchev–Trinajstić information content (AvgIpc) is 3.76. The van der Waals surface area contributed by atoms with Crippen LogP contribution in [0.15, 0.2) is 18.2 Å². The van der Waals surface area contributed by atoms with Crippen LogP contribution in [0.25, 0.3) is 0 Å². The maximum absolute atomic E-state index is 12.2. The van der Waals surface area contributed by atoms with Gasteiger partial charge in [0.05, 0.1) is 24.3 Å². The van der Waals surface area contributed by atoms with Crippen molar-refractivity contribution in [3.8, 4) is 0 Å². The van der Waals surface area contributed by atoms with Crippen LogP contribution in [0.1, 0.15) is 104 Å². The molecule has 0 amide bonds. The van der Waals surface area contributed by atoms with Crippen LogP contribution in [0.4, 0.5) is 5.69 Å². The molecule has 7 nitrogen and oxygen atoms in total. The summed E-state index contributed by atoms with van der Waals surface area (Å²) in [6.07, 6.45) is 9.01. The zero-order valence-corrected chi connectivity index (χ0v) is 26.2. The van der Waals surface area contributed by atoms with Crippen molar-refractivity contribution in [2.24, 2.45) is 11.8 Å². The zero-order chi connectivity index (χ0) is 29.8. The second-order valence-electron chi connectivity index (χ2n) is 12.0. The molecule has 1 unspecified atom stereocenters. The fourth-order valence-electron chi connectivity index (χ4n) is 6.23. The maximum Gasteiger partial charge on any atom is 0.149 e. The second kappa shape index (κ2) is 16.6. The van der Waals surface area contributed by atoms with Crippen molar-refractivity contribution in [1.82, 2.24) is 10.6 Å². The first kappa shape index (κ1) is 34.4. The number of benzene rings is 1. The SMILES string of the molecule is CC.CC(=O)C1(c2cc(N3CCC(CC4(O)CCNCC4)CC3)ccc2C)CC1.CCCC(C)C(=O)CNCO. The van der Waals surface area contributed by atoms with E-state index in [0.29, 0.717) is 11.7 Å². The molecule has 7 heteroatoms. The summed E-state index contributed by atoms with van der Waals surface area (Å²) in [6, 6.07) is 6.69. The van der Waals surface area contributed by atoms with E-state index in [1.165, 1.54) is 16.8 Å². The highest BCUT2D eigenvalue weighted by atomic mass is 16.3. The second-order valence-corrected chi connectivity index (χ2v) is 12.0. The molecule has 4 N–H and O–H groups in total. The highest BCUT2D eigenvalue weighted by Crippen LogP contribution is 2.50. The van der Waals surface area contributed by atoms with Crippen LogP contribution < -0.4 is 15.5 Å². The number of aliphatic hydroxyl groups excluding tert-OH is 1. The van der Waals surface area contributed by atoms with E-state index in [-0.39, 0.29) is 30.4 Å². The Balaban J connectivity index is 0.000000366. The number of carbonyl (C=O) groups excluding carboxylic acids is 2. The van der Waals surface area contributed by atoms with Crippen LogP contribution in [0.2, 0.25) is 0 Å². The zero-order valence-electron chi connectivity index (χ0n) is 26.2. The smallest absolute Gasteiger partial charge is 0.149 e. The van der Waals surface area contributed by atoms with Gasteiger partial charge in [0.25, 0.3) is 0 Å². The predicted molar refractivity (Wildman–Crippen MR) is 165 cm³/mol. The van der Waals surface area contributed by atoms with Gasteiger partial charge in [0.15, 0.2) is 0 Å². The summed E-state index contributed by atoms with van der Waals surface area (Å²) in [6.45, 7) is 16.0. The molecule has 0 bridgehead atoms. The number of rotatable bonds is 11. The molecule has 0 radical (unpaired) electrons. The normalized spacial score (nSPS) is 20.4. The molecule has 1 atom stereocenters. The lowest BCUT2D eigenvalue weighted by molar-refractivity contribution is -0.122. The van der Waals surface area contributed by atoms with Crippen LogP contribution >= 0.6 is 0 Å². The molecule has 1 saturated carbocycles. The Bertz CT molecular complexity index is 916. The maximum atomic E-state index is 12.2. The summed E-state index contributed by atoms with van der Waals surface area (Å²) in [7, 11) is 0. The third-order valence-corrected chi connectivity index (χ3v) is 9.03. The van der Waals surface area contributed by atoms with E-state index in [4.69, 9.17) is 5.11 Å². The topological polar surface area (TPSA) is 102 Å². The number of hydrogen-bond donors (Lipinski definition) is 4. The van der Waals surface area contributed by atoms with Crippen LogP contribution in [-0.2, 0) is 15.0 Å². The summed E-state index contributed by atoms with van der Waals surface area (Å²) in [5, 5.41) is 25.1. The molecule has 4 rings (SSSR count). The standard InChI is InChI=1S/C23H34N2O2.C8H17NO2.C2H6/c1-17-3-4-20(15-21(17)23(7-8-23)18(2)26)25-13-5-19(6-14-25)16-22(27)9-11-24-12-10-22;1-3-4-7(2)8(11)5-9-6-10;1-2/h3-4,15,19,24,27H,5-14,16H2,1-2H3;7,9-10H,3-6H2,1-2H3;1-2H3. The molecule has 1 aliphatic carbocycles. The molecule has 2 heterocycles. The lowest BCUT2D eigenvalue weighted by atomic mass is 9.79. The Kier molecular flexibility index (Phi) is 14.3. The molecule has 3 aliphatic rings. The Hall–Kier alpha value is -1.80. The van der Waals surface area contributed by atoms with Crippen molar-refractivity contribution in [2.75, 3.05) is 44.4 Å². The molecule has 0 spiro atoms. The van der Waals surface area contributed by atoms with Crippen molar-refractivity contribution in [2.45, 2.75) is 110 Å². The lowest BCUT2D eigenvalue weighted by Crippen LogP contribution is -2.44. The van der Waals surface area contributed by atoms with E-state index in [2.05, 4.69) is 47.6 Å². The van der Waals surface area contributed by atoms with Gasteiger partial charge >= 0.3 is 0 Å². The average molecular weight is 560 g/mol. The van der Waals surface area contributed by atoms with Crippen LogP contribution in [-0.4, -0.2) is 66.8 Å². The van der Waals surface area contributed by atoms with Crippen molar-refractivity contribution in [1.29, 1.82) is 0 Å². The first-order valence-corrected chi connectivity index (χ1v) is 15.8. The quantitative estimate of drug-likeness (QED) is 0.286. The Morgan fingerprint density at radius 3 is 2.27 bits per heavy atom. The fraction of sp³-hybridized carbons (Fsp3) is 0.758. The van der Waals surface area contributed by atoms with Gasteiger partial charge in [-0.25, -0.2) is 0 Å². The van der Waals surface area contributed by atoms with E-state index < -0.39 is 5.60 Å². The van der Waals surface area contributed by atoms with E-state index >= 15 is 0 Å². The molecule has 228 valence electrons. The third-order valence-electron chi connectivity index (χ3n) is 9.03. The summed E-state index contributed by atoms with van der Waals surface area (Å²) in [5.41, 5.74) is 3.11. The van der Waals surface area contributed by atoms with Crippen LogP contribution in [0.3, 0.4) is 0 Å². The summed E-state index contributed by atoms with van der Waals surface area (Å²) in [4.78, 5) is 25.8. The van der Waals surface area contributed by atoms with E-state index in [1.54, 1.807) is 6.92 Å². The first-order valence-electron chi connectivity index (χ1n) is 15.8. The molecule has 2 aliphatic heterocycles. The van der Waals surface area contributed by atoms with Crippen molar-refractivity contribution in [3.05, 3.63) is 29.3 Å². The fourth-order valence-corrected chi connectivity index (χ4v) is 6.23. The lowest BCUT2D eigenvalue weighted by Gasteiger charge is -2.39. The van der Waals surface area contributed by atoms with Gasteiger partial charge in [-0.15, -0.1) is 0 Å². The number of ketones is 2. The van der Waals surface area contributed by atoms with Crippen molar-refractivity contribution >= 4 is 17.3 Å². The molecule has 40 heavy (non-hydrogen) atoms. The van der Waals surface area contributed by atoms with Crippen LogP contribution in [0.5, 0.6) is 0 Å². The number of nitrogens with zero attached hydrogens (tertiary/aromatic N) is 1. The number of piperidine rings is 2. The molecular formula is C33H57N3O4.